The van der Waals surface area contributed by atoms with Gasteiger partial charge in [0.05, 0.1) is 6.61 Å². The predicted molar refractivity (Wildman–Crippen MR) is 50.8 cm³/mol. The molecule has 0 spiro atoms. The summed E-state index contributed by atoms with van der Waals surface area (Å²) >= 11 is 4.78. The van der Waals surface area contributed by atoms with Crippen LogP contribution in [0.25, 0.3) is 0 Å². The third-order valence-corrected chi connectivity index (χ3v) is 1.33. The fourth-order valence-electron chi connectivity index (χ4n) is 0.383. The van der Waals surface area contributed by atoms with E-state index in [0.29, 0.717) is 11.8 Å². The minimum absolute atomic E-state index is 0.334. The molecule has 3 nitrogen and oxygen atoms in total. The van der Waals surface area contributed by atoms with Gasteiger partial charge in [-0.15, -0.1) is 0 Å². The van der Waals surface area contributed by atoms with Crippen molar-refractivity contribution >= 4 is 23.1 Å². The Morgan fingerprint density at radius 1 is 1.55 bits per heavy atom. The van der Waals surface area contributed by atoms with E-state index < -0.39 is 0 Å². The highest BCUT2D eigenvalue weighted by molar-refractivity contribution is 7.80. The van der Waals surface area contributed by atoms with Crippen molar-refractivity contribution in [1.29, 1.82) is 0 Å². The van der Waals surface area contributed by atoms with Crippen molar-refractivity contribution in [2.24, 2.45) is 5.10 Å². The fraction of sp³-hybridized carbons (Fsp3) is 0.714. The van der Waals surface area contributed by atoms with E-state index in [1.165, 1.54) is 0 Å². The summed E-state index contributed by atoms with van der Waals surface area (Å²) in [4.78, 5) is 0. The van der Waals surface area contributed by atoms with E-state index in [1.807, 2.05) is 20.8 Å². The Kier molecular flexibility index (Phi) is 5.74. The van der Waals surface area contributed by atoms with E-state index in [1.54, 1.807) is 0 Å². The number of nitrogens with zero attached hydrogens (tertiary/aromatic N) is 1. The molecule has 64 valence electrons. The molecule has 0 radical (unpaired) electrons. The first-order valence-corrected chi connectivity index (χ1v) is 4.07. The van der Waals surface area contributed by atoms with E-state index in [0.717, 1.165) is 12.1 Å². The monoisotopic (exact) mass is 174 g/mol. The molecular formula is C7H14N2OS. The first kappa shape index (κ1) is 10.4. The van der Waals surface area contributed by atoms with E-state index >= 15 is 0 Å². The SMILES string of the molecule is CCOC(=S)NN=C(C)CC. The van der Waals surface area contributed by atoms with Crippen LogP contribution in [0.3, 0.4) is 0 Å². The van der Waals surface area contributed by atoms with Gasteiger partial charge in [0, 0.05) is 5.71 Å². The first-order valence-electron chi connectivity index (χ1n) is 3.66. The number of hydrogen-bond acceptors (Lipinski definition) is 3. The minimum Gasteiger partial charge on any atom is -0.470 e. The molecule has 0 saturated heterocycles. The molecule has 0 amide bonds. The Balaban J connectivity index is 3.60. The van der Waals surface area contributed by atoms with Gasteiger partial charge in [0.2, 0.25) is 0 Å². The number of thiocarbonyl (C=S) groups is 1. The second-order valence-corrected chi connectivity index (χ2v) is 2.40. The quantitative estimate of drug-likeness (QED) is 0.401. The van der Waals surface area contributed by atoms with Gasteiger partial charge < -0.3 is 4.74 Å². The fourth-order valence-corrected chi connectivity index (χ4v) is 0.547. The lowest BCUT2D eigenvalue weighted by Gasteiger charge is -2.03. The summed E-state index contributed by atoms with van der Waals surface area (Å²) in [7, 11) is 0. The maximum atomic E-state index is 4.95. The van der Waals surface area contributed by atoms with E-state index in [4.69, 9.17) is 17.0 Å². The molecule has 0 aromatic rings. The number of hydrazone groups is 1. The molecule has 0 unspecified atom stereocenters. The average Bonchev–Trinajstić information content (AvgIpc) is 2.01. The number of ether oxygens (including phenoxy) is 1. The summed E-state index contributed by atoms with van der Waals surface area (Å²) in [5.74, 6) is 0. The van der Waals surface area contributed by atoms with Crippen LogP contribution < -0.4 is 5.43 Å². The second kappa shape index (κ2) is 6.09. The van der Waals surface area contributed by atoms with Gasteiger partial charge in [-0.2, -0.15) is 5.10 Å². The molecule has 0 heterocycles. The van der Waals surface area contributed by atoms with Crippen LogP contribution in [0, 0.1) is 0 Å². The van der Waals surface area contributed by atoms with Crippen LogP contribution >= 0.6 is 12.2 Å². The van der Waals surface area contributed by atoms with E-state index in [9.17, 15) is 0 Å². The highest BCUT2D eigenvalue weighted by atomic mass is 32.1. The zero-order valence-electron chi connectivity index (χ0n) is 7.18. The minimum atomic E-state index is 0.334. The van der Waals surface area contributed by atoms with Gasteiger partial charge in [-0.3, -0.25) is 0 Å². The van der Waals surface area contributed by atoms with E-state index in [-0.39, 0.29) is 0 Å². The van der Waals surface area contributed by atoms with Gasteiger partial charge in [0.25, 0.3) is 5.17 Å². The molecule has 0 aromatic carbocycles. The molecule has 0 bridgehead atoms. The second-order valence-electron chi connectivity index (χ2n) is 2.03. The predicted octanol–water partition coefficient (Wildman–Crippen LogP) is 1.68. The number of nitrogens with one attached hydrogen (secondary N) is 1. The number of hydrogen-bond donors (Lipinski definition) is 1. The Morgan fingerprint density at radius 3 is 2.64 bits per heavy atom. The Hall–Kier alpha value is -0.640. The van der Waals surface area contributed by atoms with Gasteiger partial charge in [-0.05, 0) is 32.5 Å². The van der Waals surface area contributed by atoms with Gasteiger partial charge in [0.1, 0.15) is 0 Å². The molecular weight excluding hydrogens is 160 g/mol. The van der Waals surface area contributed by atoms with Crippen LogP contribution in [-0.2, 0) is 4.74 Å². The summed E-state index contributed by atoms with van der Waals surface area (Å²) in [6.45, 7) is 6.42. The first-order chi connectivity index (χ1) is 5.20. The molecule has 0 saturated carbocycles. The molecule has 4 heteroatoms. The van der Waals surface area contributed by atoms with Gasteiger partial charge >= 0.3 is 0 Å². The molecule has 0 fully saturated rings. The normalized spacial score (nSPS) is 11.0. The van der Waals surface area contributed by atoms with Crippen molar-refractivity contribution in [2.45, 2.75) is 27.2 Å². The van der Waals surface area contributed by atoms with Crippen molar-refractivity contribution in [3.05, 3.63) is 0 Å². The number of rotatable bonds is 3. The largest absolute Gasteiger partial charge is 0.470 e. The van der Waals surface area contributed by atoms with Crippen molar-refractivity contribution in [3.8, 4) is 0 Å². The molecule has 11 heavy (non-hydrogen) atoms. The molecule has 1 N–H and O–H groups in total. The van der Waals surface area contributed by atoms with Crippen molar-refractivity contribution in [2.75, 3.05) is 6.61 Å². The van der Waals surface area contributed by atoms with Crippen molar-refractivity contribution in [1.82, 2.24) is 5.43 Å². The summed E-state index contributed by atoms with van der Waals surface area (Å²) in [5.41, 5.74) is 3.64. The molecule has 0 aliphatic carbocycles. The van der Waals surface area contributed by atoms with Crippen LogP contribution in [0.15, 0.2) is 5.10 Å². The Morgan fingerprint density at radius 2 is 2.18 bits per heavy atom. The lowest BCUT2D eigenvalue weighted by atomic mass is 10.3. The van der Waals surface area contributed by atoms with Crippen LogP contribution in [0.5, 0.6) is 0 Å². The van der Waals surface area contributed by atoms with Crippen molar-refractivity contribution in [3.63, 3.8) is 0 Å². The highest BCUT2D eigenvalue weighted by Crippen LogP contribution is 1.83. The van der Waals surface area contributed by atoms with Crippen molar-refractivity contribution < 1.29 is 4.74 Å². The molecule has 0 aliphatic rings. The maximum Gasteiger partial charge on any atom is 0.277 e. The topological polar surface area (TPSA) is 33.6 Å². The maximum absolute atomic E-state index is 4.95. The standard InChI is InChI=1S/C7H14N2OS/c1-4-6(3)8-9-7(11)10-5-2/h4-5H2,1-3H3,(H,9,11). The summed E-state index contributed by atoms with van der Waals surface area (Å²) in [6, 6.07) is 0. The Bertz CT molecular complexity index is 157. The van der Waals surface area contributed by atoms with Gasteiger partial charge in [-0.1, -0.05) is 6.92 Å². The molecule has 0 aliphatic heterocycles. The summed E-state index contributed by atoms with van der Waals surface area (Å²) in [6.07, 6.45) is 0.918. The smallest absolute Gasteiger partial charge is 0.277 e. The summed E-state index contributed by atoms with van der Waals surface area (Å²) in [5, 5.41) is 4.30. The van der Waals surface area contributed by atoms with Gasteiger partial charge in [-0.25, -0.2) is 5.43 Å². The van der Waals surface area contributed by atoms with Crippen LogP contribution in [0.4, 0.5) is 0 Å². The van der Waals surface area contributed by atoms with Gasteiger partial charge in [0.15, 0.2) is 0 Å². The molecule has 0 aromatic heterocycles. The van der Waals surface area contributed by atoms with Crippen LogP contribution in [0.1, 0.15) is 27.2 Å². The highest BCUT2D eigenvalue weighted by Gasteiger charge is 1.91. The summed E-state index contributed by atoms with van der Waals surface area (Å²) < 4.78 is 4.95. The zero-order valence-corrected chi connectivity index (χ0v) is 7.99. The average molecular weight is 174 g/mol. The third kappa shape index (κ3) is 5.79. The lowest BCUT2D eigenvalue weighted by molar-refractivity contribution is 0.321. The molecule has 0 atom stereocenters. The third-order valence-electron chi connectivity index (χ3n) is 1.13. The molecule has 0 rings (SSSR count). The Labute approximate surface area is 72.8 Å². The zero-order chi connectivity index (χ0) is 8.69. The lowest BCUT2D eigenvalue weighted by Crippen LogP contribution is -2.19. The van der Waals surface area contributed by atoms with Crippen LogP contribution in [-0.4, -0.2) is 17.5 Å². The van der Waals surface area contributed by atoms with E-state index in [2.05, 4.69) is 10.5 Å². The van der Waals surface area contributed by atoms with Crippen LogP contribution in [0.2, 0.25) is 0 Å².